The van der Waals surface area contributed by atoms with E-state index >= 15 is 0 Å². The number of carbonyl (C=O) groups excluding carboxylic acids is 2. The maximum Gasteiger partial charge on any atom is 0.410 e. The van der Waals surface area contributed by atoms with Gasteiger partial charge in [-0.25, -0.2) is 4.79 Å². The molecule has 6 heteroatoms. The van der Waals surface area contributed by atoms with E-state index in [0.717, 1.165) is 0 Å². The molecule has 0 aliphatic heterocycles. The molecule has 0 fully saturated rings. The average molecular weight is 261 g/mol. The summed E-state index contributed by atoms with van der Waals surface area (Å²) in [5.41, 5.74) is -0.498. The molecular formula is C12H23NO5. The van der Waals surface area contributed by atoms with Crippen LogP contribution in [0, 0.1) is 0 Å². The van der Waals surface area contributed by atoms with Crippen molar-refractivity contribution in [2.24, 2.45) is 0 Å². The number of hydrogen-bond donors (Lipinski definition) is 0. The third kappa shape index (κ3) is 9.89. The molecule has 0 unspecified atom stereocenters. The summed E-state index contributed by atoms with van der Waals surface area (Å²) in [7, 11) is 1.64. The molecule has 0 saturated heterocycles. The van der Waals surface area contributed by atoms with Gasteiger partial charge in [-0.15, -0.1) is 0 Å². The second kappa shape index (κ2) is 7.92. The lowest BCUT2D eigenvalue weighted by Gasteiger charge is -2.24. The molecule has 0 N–H and O–H groups in total. The fourth-order valence-corrected chi connectivity index (χ4v) is 0.979. The number of amides is 1. The first kappa shape index (κ1) is 16.7. The molecule has 0 aliphatic rings. The molecule has 0 aliphatic carbocycles. The number of ether oxygens (including phenoxy) is 3. The second-order valence-electron chi connectivity index (χ2n) is 4.85. The van der Waals surface area contributed by atoms with Crippen molar-refractivity contribution in [2.75, 3.05) is 33.4 Å². The van der Waals surface area contributed by atoms with Crippen LogP contribution in [0.5, 0.6) is 0 Å². The predicted octanol–water partition coefficient (Wildman–Crippen LogP) is 1.43. The summed E-state index contributed by atoms with van der Waals surface area (Å²) >= 11 is 0. The third-order valence-electron chi connectivity index (χ3n) is 1.81. The molecule has 0 heterocycles. The largest absolute Gasteiger partial charge is 0.463 e. The van der Waals surface area contributed by atoms with E-state index in [0.29, 0.717) is 19.8 Å². The first-order valence-corrected chi connectivity index (χ1v) is 5.87. The van der Waals surface area contributed by atoms with Gasteiger partial charge in [0.2, 0.25) is 0 Å². The van der Waals surface area contributed by atoms with Gasteiger partial charge in [-0.3, -0.25) is 4.79 Å². The van der Waals surface area contributed by atoms with E-state index in [9.17, 15) is 9.59 Å². The van der Waals surface area contributed by atoms with Gasteiger partial charge >= 0.3 is 12.1 Å². The van der Waals surface area contributed by atoms with Crippen LogP contribution < -0.4 is 0 Å². The van der Waals surface area contributed by atoms with Gasteiger partial charge < -0.3 is 19.1 Å². The standard InChI is InChI=1S/C12H23NO5/c1-10(14)17-9-8-16-7-6-13(5)11(15)18-12(2,3)4/h6-9H2,1-5H3. The molecule has 0 radical (unpaired) electrons. The van der Waals surface area contributed by atoms with Crippen LogP contribution in [0.15, 0.2) is 0 Å². The average Bonchev–Trinajstić information content (AvgIpc) is 2.19. The summed E-state index contributed by atoms with van der Waals surface area (Å²) in [5, 5.41) is 0. The minimum Gasteiger partial charge on any atom is -0.463 e. The molecule has 0 bridgehead atoms. The summed E-state index contributed by atoms with van der Waals surface area (Å²) in [6.45, 7) is 8.13. The highest BCUT2D eigenvalue weighted by molar-refractivity contribution is 5.67. The highest BCUT2D eigenvalue weighted by Crippen LogP contribution is 2.08. The van der Waals surface area contributed by atoms with Crippen LogP contribution in [-0.2, 0) is 19.0 Å². The number of esters is 1. The Morgan fingerprint density at radius 2 is 1.72 bits per heavy atom. The molecule has 0 saturated carbocycles. The summed E-state index contributed by atoms with van der Waals surface area (Å²) < 4.78 is 15.1. The molecule has 0 aromatic rings. The zero-order valence-electron chi connectivity index (χ0n) is 11.8. The zero-order chi connectivity index (χ0) is 14.2. The summed E-state index contributed by atoms with van der Waals surface area (Å²) in [6.07, 6.45) is -0.383. The maximum atomic E-state index is 11.5. The van der Waals surface area contributed by atoms with Crippen molar-refractivity contribution in [3.05, 3.63) is 0 Å². The van der Waals surface area contributed by atoms with Crippen LogP contribution in [0.3, 0.4) is 0 Å². The first-order valence-electron chi connectivity index (χ1n) is 5.87. The Hall–Kier alpha value is -1.30. The van der Waals surface area contributed by atoms with E-state index in [-0.39, 0.29) is 18.7 Å². The highest BCUT2D eigenvalue weighted by Gasteiger charge is 2.19. The summed E-state index contributed by atoms with van der Waals surface area (Å²) in [4.78, 5) is 23.4. The fraction of sp³-hybridized carbons (Fsp3) is 0.833. The normalized spacial score (nSPS) is 10.9. The van der Waals surface area contributed by atoms with Crippen molar-refractivity contribution in [3.63, 3.8) is 0 Å². The lowest BCUT2D eigenvalue weighted by Crippen LogP contribution is -2.36. The van der Waals surface area contributed by atoms with Gasteiger partial charge in [-0.05, 0) is 20.8 Å². The smallest absolute Gasteiger partial charge is 0.410 e. The SMILES string of the molecule is CC(=O)OCCOCCN(C)C(=O)OC(C)(C)C. The fourth-order valence-electron chi connectivity index (χ4n) is 0.979. The van der Waals surface area contributed by atoms with Crippen LogP contribution in [-0.4, -0.2) is 56.0 Å². The van der Waals surface area contributed by atoms with Crippen LogP contribution in [0.2, 0.25) is 0 Å². The summed E-state index contributed by atoms with van der Waals surface area (Å²) in [6, 6.07) is 0. The van der Waals surface area contributed by atoms with Crippen molar-refractivity contribution in [1.29, 1.82) is 0 Å². The van der Waals surface area contributed by atoms with Crippen molar-refractivity contribution < 1.29 is 23.8 Å². The van der Waals surface area contributed by atoms with Gasteiger partial charge in [0.25, 0.3) is 0 Å². The number of hydrogen-bond acceptors (Lipinski definition) is 5. The Kier molecular flexibility index (Phi) is 7.35. The number of carbonyl (C=O) groups is 2. The first-order chi connectivity index (χ1) is 8.22. The molecule has 0 spiro atoms. The molecule has 6 nitrogen and oxygen atoms in total. The predicted molar refractivity (Wildman–Crippen MR) is 66.3 cm³/mol. The van der Waals surface area contributed by atoms with Gasteiger partial charge in [0, 0.05) is 20.5 Å². The van der Waals surface area contributed by atoms with E-state index in [1.54, 1.807) is 7.05 Å². The number of rotatable bonds is 6. The maximum absolute atomic E-state index is 11.5. The molecule has 0 aromatic heterocycles. The van der Waals surface area contributed by atoms with Crippen LogP contribution in [0.1, 0.15) is 27.7 Å². The summed E-state index contributed by atoms with van der Waals surface area (Å²) in [5.74, 6) is -0.329. The quantitative estimate of drug-likeness (QED) is 0.534. The lowest BCUT2D eigenvalue weighted by molar-refractivity contribution is -0.142. The van der Waals surface area contributed by atoms with E-state index in [4.69, 9.17) is 14.2 Å². The molecule has 0 rings (SSSR count). The number of nitrogens with zero attached hydrogens (tertiary/aromatic N) is 1. The molecule has 1 amide bonds. The number of likely N-dealkylation sites (N-methyl/N-ethyl adjacent to an activating group) is 1. The molecule has 0 aromatic carbocycles. The minimum absolute atomic E-state index is 0.228. The minimum atomic E-state index is -0.498. The van der Waals surface area contributed by atoms with E-state index in [1.807, 2.05) is 20.8 Å². The van der Waals surface area contributed by atoms with Gasteiger partial charge in [0.05, 0.1) is 13.2 Å². The van der Waals surface area contributed by atoms with Crippen LogP contribution >= 0.6 is 0 Å². The lowest BCUT2D eigenvalue weighted by atomic mass is 10.2. The van der Waals surface area contributed by atoms with Crippen molar-refractivity contribution in [2.45, 2.75) is 33.3 Å². The second-order valence-corrected chi connectivity index (χ2v) is 4.85. The van der Waals surface area contributed by atoms with Gasteiger partial charge in [-0.2, -0.15) is 0 Å². The Balaban J connectivity index is 3.61. The van der Waals surface area contributed by atoms with Crippen molar-refractivity contribution in [1.82, 2.24) is 4.90 Å². The van der Waals surface area contributed by atoms with E-state index in [1.165, 1.54) is 11.8 Å². The molecular weight excluding hydrogens is 238 g/mol. The molecule has 18 heavy (non-hydrogen) atoms. The van der Waals surface area contributed by atoms with Gasteiger partial charge in [-0.1, -0.05) is 0 Å². The topological polar surface area (TPSA) is 65.1 Å². The highest BCUT2D eigenvalue weighted by atomic mass is 16.6. The Labute approximate surface area is 108 Å². The van der Waals surface area contributed by atoms with Crippen molar-refractivity contribution in [3.8, 4) is 0 Å². The van der Waals surface area contributed by atoms with E-state index in [2.05, 4.69) is 0 Å². The Morgan fingerprint density at radius 1 is 1.11 bits per heavy atom. The van der Waals surface area contributed by atoms with Gasteiger partial charge in [0.15, 0.2) is 0 Å². The van der Waals surface area contributed by atoms with E-state index < -0.39 is 5.60 Å². The Bertz CT molecular complexity index is 272. The Morgan fingerprint density at radius 3 is 2.22 bits per heavy atom. The van der Waals surface area contributed by atoms with Gasteiger partial charge in [0.1, 0.15) is 12.2 Å². The van der Waals surface area contributed by atoms with Crippen LogP contribution in [0.25, 0.3) is 0 Å². The van der Waals surface area contributed by atoms with Crippen molar-refractivity contribution >= 4 is 12.1 Å². The molecule has 106 valence electrons. The zero-order valence-corrected chi connectivity index (χ0v) is 11.8. The monoisotopic (exact) mass is 261 g/mol. The third-order valence-corrected chi connectivity index (χ3v) is 1.81. The molecule has 0 atom stereocenters. The van der Waals surface area contributed by atoms with Crippen LogP contribution in [0.4, 0.5) is 4.79 Å².